The zero-order chi connectivity index (χ0) is 14.6. The second-order valence-corrected chi connectivity index (χ2v) is 3.94. The molecule has 104 valence electrons. The first kappa shape index (κ1) is 14.9. The monoisotopic (exact) mass is 269 g/mol. The molecule has 1 N–H and O–H groups in total. The summed E-state index contributed by atoms with van der Waals surface area (Å²) < 4.78 is 9.85. The summed E-state index contributed by atoms with van der Waals surface area (Å²) in [5, 5.41) is 20.3. The molecular formula is C12H15NO6. The van der Waals surface area contributed by atoms with Gasteiger partial charge in [-0.3, -0.25) is 10.1 Å². The van der Waals surface area contributed by atoms with Crippen LogP contribution >= 0.6 is 0 Å². The average Bonchev–Trinajstić information content (AvgIpc) is 2.37. The molecule has 1 aromatic carbocycles. The van der Waals surface area contributed by atoms with Gasteiger partial charge in [0.05, 0.1) is 18.1 Å². The number of non-ortho nitro benzene ring substituents is 1. The van der Waals surface area contributed by atoms with Gasteiger partial charge in [-0.2, -0.15) is 0 Å². The standard InChI is InChI=1S/C12H15NO6/c1-7(14)10-6-9(13(16)17)4-5-11(10)19-8(2)12(15)18-3/h4-8,14H,1-3H3. The average molecular weight is 269 g/mol. The maximum Gasteiger partial charge on any atom is 0.346 e. The SMILES string of the molecule is COC(=O)C(C)Oc1ccc([N+](=O)[O-])cc1C(C)O. The number of carbonyl (C=O) groups is 1. The minimum Gasteiger partial charge on any atom is -0.479 e. The van der Waals surface area contributed by atoms with E-state index >= 15 is 0 Å². The van der Waals surface area contributed by atoms with Crippen molar-refractivity contribution in [2.24, 2.45) is 0 Å². The van der Waals surface area contributed by atoms with Crippen LogP contribution in [0.2, 0.25) is 0 Å². The van der Waals surface area contributed by atoms with E-state index in [4.69, 9.17) is 4.74 Å². The van der Waals surface area contributed by atoms with Gasteiger partial charge in [0.15, 0.2) is 6.10 Å². The number of carbonyl (C=O) groups excluding carboxylic acids is 1. The number of nitro benzene ring substituents is 1. The number of nitro groups is 1. The van der Waals surface area contributed by atoms with Gasteiger partial charge in [0.25, 0.3) is 5.69 Å². The lowest BCUT2D eigenvalue weighted by molar-refractivity contribution is -0.385. The predicted octanol–water partition coefficient (Wildman–Crippen LogP) is 1.59. The smallest absolute Gasteiger partial charge is 0.346 e. The van der Waals surface area contributed by atoms with E-state index in [0.717, 1.165) is 0 Å². The van der Waals surface area contributed by atoms with Crippen LogP contribution in [0.1, 0.15) is 25.5 Å². The zero-order valence-corrected chi connectivity index (χ0v) is 10.8. The van der Waals surface area contributed by atoms with Crippen LogP contribution in [0.15, 0.2) is 18.2 Å². The number of aliphatic hydroxyl groups excluding tert-OH is 1. The Morgan fingerprint density at radius 1 is 1.42 bits per heavy atom. The quantitative estimate of drug-likeness (QED) is 0.495. The number of nitrogens with zero attached hydrogens (tertiary/aromatic N) is 1. The number of aliphatic hydroxyl groups is 1. The van der Waals surface area contributed by atoms with Crippen LogP contribution in [0.3, 0.4) is 0 Å². The highest BCUT2D eigenvalue weighted by Crippen LogP contribution is 2.30. The van der Waals surface area contributed by atoms with Gasteiger partial charge in [0, 0.05) is 17.7 Å². The van der Waals surface area contributed by atoms with Gasteiger partial charge in [-0.1, -0.05) is 0 Å². The summed E-state index contributed by atoms with van der Waals surface area (Å²) in [4.78, 5) is 21.4. The minimum atomic E-state index is -0.959. The van der Waals surface area contributed by atoms with Gasteiger partial charge >= 0.3 is 5.97 Å². The van der Waals surface area contributed by atoms with Crippen molar-refractivity contribution in [3.05, 3.63) is 33.9 Å². The Morgan fingerprint density at radius 2 is 2.05 bits per heavy atom. The summed E-state index contributed by atoms with van der Waals surface area (Å²) in [5.74, 6) is -0.367. The molecule has 2 unspecified atom stereocenters. The molecule has 0 aliphatic rings. The molecule has 0 aliphatic heterocycles. The highest BCUT2D eigenvalue weighted by atomic mass is 16.6. The Bertz CT molecular complexity index is 485. The molecule has 19 heavy (non-hydrogen) atoms. The van der Waals surface area contributed by atoms with Crippen molar-refractivity contribution < 1.29 is 24.3 Å². The van der Waals surface area contributed by atoms with Crippen molar-refractivity contribution in [3.63, 3.8) is 0 Å². The van der Waals surface area contributed by atoms with Gasteiger partial charge in [0.1, 0.15) is 5.75 Å². The Hall–Kier alpha value is -2.15. The number of benzene rings is 1. The Kier molecular flexibility index (Phi) is 4.82. The van der Waals surface area contributed by atoms with Gasteiger partial charge in [0.2, 0.25) is 0 Å². The number of hydrogen-bond donors (Lipinski definition) is 1. The normalized spacial score (nSPS) is 13.5. The predicted molar refractivity (Wildman–Crippen MR) is 65.8 cm³/mol. The fourth-order valence-electron chi connectivity index (χ4n) is 1.49. The third kappa shape index (κ3) is 3.65. The van der Waals surface area contributed by atoms with Gasteiger partial charge in [-0.25, -0.2) is 4.79 Å². The molecule has 1 rings (SSSR count). The van der Waals surface area contributed by atoms with Crippen molar-refractivity contribution in [2.45, 2.75) is 26.1 Å². The molecule has 0 radical (unpaired) electrons. The summed E-state index contributed by atoms with van der Waals surface area (Å²) in [6, 6.07) is 3.80. The van der Waals surface area contributed by atoms with Crippen LogP contribution in [0.5, 0.6) is 5.75 Å². The summed E-state index contributed by atoms with van der Waals surface area (Å²) >= 11 is 0. The lowest BCUT2D eigenvalue weighted by atomic mass is 10.1. The third-order valence-electron chi connectivity index (χ3n) is 2.49. The molecule has 0 aromatic heterocycles. The first-order valence-corrected chi connectivity index (χ1v) is 5.57. The van der Waals surface area contributed by atoms with Gasteiger partial charge in [-0.05, 0) is 19.9 Å². The van der Waals surface area contributed by atoms with Crippen molar-refractivity contribution in [1.29, 1.82) is 0 Å². The molecular weight excluding hydrogens is 254 g/mol. The van der Waals surface area contributed by atoms with Crippen molar-refractivity contribution in [1.82, 2.24) is 0 Å². The molecule has 0 aliphatic carbocycles. The van der Waals surface area contributed by atoms with Crippen LogP contribution in [0.4, 0.5) is 5.69 Å². The largest absolute Gasteiger partial charge is 0.479 e. The fourth-order valence-corrected chi connectivity index (χ4v) is 1.49. The summed E-state index contributed by atoms with van der Waals surface area (Å²) in [7, 11) is 1.23. The summed E-state index contributed by atoms with van der Waals surface area (Å²) in [5.41, 5.74) is 0.0823. The molecule has 2 atom stereocenters. The van der Waals surface area contributed by atoms with Crippen LogP contribution < -0.4 is 4.74 Å². The first-order valence-electron chi connectivity index (χ1n) is 5.57. The summed E-state index contributed by atoms with van der Waals surface area (Å²) in [6.07, 6.45) is -1.83. The molecule has 0 amide bonds. The van der Waals surface area contributed by atoms with E-state index in [-0.39, 0.29) is 17.0 Å². The molecule has 0 bridgehead atoms. The Labute approximate surface area is 109 Å². The Morgan fingerprint density at radius 3 is 2.53 bits per heavy atom. The van der Waals surface area contributed by atoms with E-state index in [1.54, 1.807) is 0 Å². The zero-order valence-electron chi connectivity index (χ0n) is 10.8. The van der Waals surface area contributed by atoms with Crippen molar-refractivity contribution in [2.75, 3.05) is 7.11 Å². The number of rotatable bonds is 5. The van der Waals surface area contributed by atoms with Gasteiger partial charge in [-0.15, -0.1) is 0 Å². The molecule has 7 heteroatoms. The molecule has 0 heterocycles. The lowest BCUT2D eigenvalue weighted by Crippen LogP contribution is -2.25. The fraction of sp³-hybridized carbons (Fsp3) is 0.417. The van der Waals surface area contributed by atoms with Crippen LogP contribution in [0.25, 0.3) is 0 Å². The molecule has 0 saturated heterocycles. The second kappa shape index (κ2) is 6.14. The highest BCUT2D eigenvalue weighted by molar-refractivity contribution is 5.74. The number of methoxy groups -OCH3 is 1. The number of ether oxygens (including phenoxy) is 2. The van der Waals surface area contributed by atoms with E-state index in [1.807, 2.05) is 0 Å². The molecule has 0 spiro atoms. The Balaban J connectivity index is 3.07. The molecule has 0 saturated carbocycles. The topological polar surface area (TPSA) is 98.9 Å². The number of esters is 1. The summed E-state index contributed by atoms with van der Waals surface area (Å²) in [6.45, 7) is 2.94. The minimum absolute atomic E-state index is 0.158. The van der Waals surface area contributed by atoms with E-state index in [0.29, 0.717) is 0 Å². The molecule has 0 fully saturated rings. The van der Waals surface area contributed by atoms with Crippen molar-refractivity contribution >= 4 is 11.7 Å². The maximum atomic E-state index is 11.3. The van der Waals surface area contributed by atoms with E-state index in [9.17, 15) is 20.0 Å². The van der Waals surface area contributed by atoms with Crippen LogP contribution in [0, 0.1) is 10.1 Å². The van der Waals surface area contributed by atoms with Crippen LogP contribution in [-0.2, 0) is 9.53 Å². The third-order valence-corrected chi connectivity index (χ3v) is 2.49. The van der Waals surface area contributed by atoms with Gasteiger partial charge < -0.3 is 14.6 Å². The van der Waals surface area contributed by atoms with E-state index < -0.39 is 23.1 Å². The second-order valence-electron chi connectivity index (χ2n) is 3.94. The molecule has 1 aromatic rings. The van der Waals surface area contributed by atoms with Crippen LogP contribution in [-0.4, -0.2) is 29.2 Å². The van der Waals surface area contributed by atoms with E-state index in [1.165, 1.54) is 39.2 Å². The maximum absolute atomic E-state index is 11.3. The van der Waals surface area contributed by atoms with Crippen molar-refractivity contribution in [3.8, 4) is 5.75 Å². The van der Waals surface area contributed by atoms with E-state index in [2.05, 4.69) is 4.74 Å². The lowest BCUT2D eigenvalue weighted by Gasteiger charge is -2.16. The molecule has 7 nitrogen and oxygen atoms in total. The first-order chi connectivity index (χ1) is 8.86. The highest BCUT2D eigenvalue weighted by Gasteiger charge is 2.20. The number of hydrogen-bond acceptors (Lipinski definition) is 6.